The first-order valence-electron chi connectivity index (χ1n) is 9.97. The van der Waals surface area contributed by atoms with Crippen LogP contribution in [0.1, 0.15) is 23.9 Å². The minimum atomic E-state index is 0.592. The van der Waals surface area contributed by atoms with Crippen LogP contribution >= 0.6 is 0 Å². The molecule has 0 unspecified atom stereocenters. The van der Waals surface area contributed by atoms with Crippen molar-refractivity contribution in [3.63, 3.8) is 0 Å². The number of benzene rings is 2. The van der Waals surface area contributed by atoms with Crippen molar-refractivity contribution in [3.05, 3.63) is 83.9 Å². The van der Waals surface area contributed by atoms with E-state index in [1.54, 1.807) is 7.11 Å². The van der Waals surface area contributed by atoms with E-state index in [0.29, 0.717) is 6.54 Å². The SMILES string of the molecule is CCNC(=NCc1cccc(OC)c1)NCCc1nccn1Cc1ccccc1. The highest BCUT2D eigenvalue weighted by atomic mass is 16.5. The summed E-state index contributed by atoms with van der Waals surface area (Å²) in [6, 6.07) is 18.4. The maximum atomic E-state index is 5.28. The number of ether oxygens (including phenoxy) is 1. The quantitative estimate of drug-likeness (QED) is 0.434. The molecule has 2 aromatic carbocycles. The van der Waals surface area contributed by atoms with Crippen molar-refractivity contribution >= 4 is 5.96 Å². The zero-order valence-electron chi connectivity index (χ0n) is 17.1. The van der Waals surface area contributed by atoms with Gasteiger partial charge in [-0.3, -0.25) is 0 Å². The van der Waals surface area contributed by atoms with Gasteiger partial charge in [0.1, 0.15) is 11.6 Å². The summed E-state index contributed by atoms with van der Waals surface area (Å²) >= 11 is 0. The minimum Gasteiger partial charge on any atom is -0.497 e. The summed E-state index contributed by atoms with van der Waals surface area (Å²) in [6.07, 6.45) is 4.72. The summed E-state index contributed by atoms with van der Waals surface area (Å²) in [7, 11) is 1.68. The Hall–Kier alpha value is -3.28. The van der Waals surface area contributed by atoms with E-state index in [-0.39, 0.29) is 0 Å². The predicted octanol–water partition coefficient (Wildman–Crippen LogP) is 3.24. The second-order valence-electron chi connectivity index (χ2n) is 6.68. The maximum Gasteiger partial charge on any atom is 0.191 e. The predicted molar refractivity (Wildman–Crippen MR) is 117 cm³/mol. The van der Waals surface area contributed by atoms with E-state index in [2.05, 4.69) is 62.4 Å². The first-order chi connectivity index (χ1) is 14.3. The molecule has 0 aliphatic heterocycles. The largest absolute Gasteiger partial charge is 0.497 e. The van der Waals surface area contributed by atoms with E-state index >= 15 is 0 Å². The van der Waals surface area contributed by atoms with E-state index in [0.717, 1.165) is 49.2 Å². The highest BCUT2D eigenvalue weighted by Crippen LogP contribution is 2.13. The van der Waals surface area contributed by atoms with Crippen LogP contribution in [0.4, 0.5) is 0 Å². The third-order valence-electron chi connectivity index (χ3n) is 4.54. The Bertz CT molecular complexity index is 904. The molecule has 1 aromatic heterocycles. The van der Waals surface area contributed by atoms with E-state index in [1.807, 2.05) is 36.7 Å². The average Bonchev–Trinajstić information content (AvgIpc) is 3.19. The second kappa shape index (κ2) is 10.9. The van der Waals surface area contributed by atoms with Crippen LogP contribution in [0.2, 0.25) is 0 Å². The van der Waals surface area contributed by atoms with Crippen molar-refractivity contribution < 1.29 is 4.74 Å². The third-order valence-corrected chi connectivity index (χ3v) is 4.54. The lowest BCUT2D eigenvalue weighted by molar-refractivity contribution is 0.414. The molecule has 0 spiro atoms. The Morgan fingerprint density at radius 1 is 1.07 bits per heavy atom. The molecule has 0 amide bonds. The van der Waals surface area contributed by atoms with Crippen LogP contribution < -0.4 is 15.4 Å². The molecule has 0 aliphatic rings. The number of imidazole rings is 1. The number of aromatic nitrogens is 2. The smallest absolute Gasteiger partial charge is 0.191 e. The van der Waals surface area contributed by atoms with Crippen molar-refractivity contribution in [2.45, 2.75) is 26.4 Å². The Morgan fingerprint density at radius 2 is 1.90 bits per heavy atom. The van der Waals surface area contributed by atoms with Crippen molar-refractivity contribution in [2.75, 3.05) is 20.2 Å². The van der Waals surface area contributed by atoms with Gasteiger partial charge in [-0.05, 0) is 30.2 Å². The molecule has 1 heterocycles. The first kappa shape index (κ1) is 20.5. The average molecular weight is 392 g/mol. The van der Waals surface area contributed by atoms with Gasteiger partial charge in [0.25, 0.3) is 0 Å². The molecule has 0 aliphatic carbocycles. The molecule has 6 nitrogen and oxygen atoms in total. The Morgan fingerprint density at radius 3 is 2.69 bits per heavy atom. The molecule has 6 heteroatoms. The molecule has 3 aromatic rings. The number of rotatable bonds is 9. The number of nitrogens with zero attached hydrogens (tertiary/aromatic N) is 3. The molecule has 0 saturated carbocycles. The summed E-state index contributed by atoms with van der Waals surface area (Å²) in [5.74, 6) is 2.71. The summed E-state index contributed by atoms with van der Waals surface area (Å²) in [5, 5.41) is 6.70. The second-order valence-corrected chi connectivity index (χ2v) is 6.68. The molecule has 0 atom stereocenters. The maximum absolute atomic E-state index is 5.28. The molecule has 0 bridgehead atoms. The van der Waals surface area contributed by atoms with Gasteiger partial charge >= 0.3 is 0 Å². The molecule has 152 valence electrons. The van der Waals surface area contributed by atoms with Crippen LogP contribution in [0.15, 0.2) is 72.0 Å². The summed E-state index contributed by atoms with van der Waals surface area (Å²) in [6.45, 7) is 5.06. The van der Waals surface area contributed by atoms with Crippen LogP contribution in [0.25, 0.3) is 0 Å². The lowest BCUT2D eigenvalue weighted by Gasteiger charge is -2.12. The number of hydrogen-bond donors (Lipinski definition) is 2. The summed E-state index contributed by atoms with van der Waals surface area (Å²) < 4.78 is 7.47. The van der Waals surface area contributed by atoms with Gasteiger partial charge in [-0.25, -0.2) is 9.98 Å². The zero-order chi connectivity index (χ0) is 20.3. The summed E-state index contributed by atoms with van der Waals surface area (Å²) in [4.78, 5) is 9.20. The van der Waals surface area contributed by atoms with Gasteiger partial charge in [0.2, 0.25) is 0 Å². The number of hydrogen-bond acceptors (Lipinski definition) is 3. The summed E-state index contributed by atoms with van der Waals surface area (Å²) in [5.41, 5.74) is 2.38. The molecule has 0 saturated heterocycles. The highest BCUT2D eigenvalue weighted by Gasteiger charge is 2.05. The van der Waals surface area contributed by atoms with E-state index in [1.165, 1.54) is 5.56 Å². The fourth-order valence-electron chi connectivity index (χ4n) is 3.07. The first-order valence-corrected chi connectivity index (χ1v) is 9.97. The van der Waals surface area contributed by atoms with Crippen LogP contribution in [-0.4, -0.2) is 35.7 Å². The van der Waals surface area contributed by atoms with Gasteiger partial charge in [-0.2, -0.15) is 0 Å². The molecule has 2 N–H and O–H groups in total. The lowest BCUT2D eigenvalue weighted by Crippen LogP contribution is -2.38. The van der Waals surface area contributed by atoms with E-state index in [9.17, 15) is 0 Å². The Balaban J connectivity index is 1.55. The number of guanidine groups is 1. The topological polar surface area (TPSA) is 63.5 Å². The van der Waals surface area contributed by atoms with Crippen molar-refractivity contribution in [1.29, 1.82) is 0 Å². The molecule has 29 heavy (non-hydrogen) atoms. The molecular formula is C23H29N5O. The van der Waals surface area contributed by atoms with Crippen molar-refractivity contribution in [2.24, 2.45) is 4.99 Å². The molecule has 0 fully saturated rings. The molecular weight excluding hydrogens is 362 g/mol. The number of nitrogens with one attached hydrogen (secondary N) is 2. The van der Waals surface area contributed by atoms with Crippen molar-refractivity contribution in [3.8, 4) is 5.75 Å². The third kappa shape index (κ3) is 6.38. The van der Waals surface area contributed by atoms with Crippen LogP contribution in [0, 0.1) is 0 Å². The zero-order valence-corrected chi connectivity index (χ0v) is 17.1. The number of aliphatic imine (C=N–C) groups is 1. The Kier molecular flexibility index (Phi) is 7.69. The lowest BCUT2D eigenvalue weighted by atomic mass is 10.2. The van der Waals surface area contributed by atoms with Crippen LogP contribution in [0.3, 0.4) is 0 Å². The van der Waals surface area contributed by atoms with Gasteiger partial charge in [0.05, 0.1) is 13.7 Å². The standard InChI is InChI=1S/C23H29N5O/c1-3-24-23(27-17-20-10-7-11-21(16-20)29-2)26-13-12-22-25-14-15-28(22)18-19-8-5-4-6-9-19/h4-11,14-16H,3,12-13,17-18H2,1-2H3,(H2,24,26,27). The highest BCUT2D eigenvalue weighted by molar-refractivity contribution is 5.79. The minimum absolute atomic E-state index is 0.592. The van der Waals surface area contributed by atoms with Gasteiger partial charge < -0.3 is 19.9 Å². The van der Waals surface area contributed by atoms with Crippen LogP contribution in [0.5, 0.6) is 5.75 Å². The fraction of sp³-hybridized carbons (Fsp3) is 0.304. The van der Waals surface area contributed by atoms with Gasteiger partial charge in [-0.15, -0.1) is 0 Å². The number of methoxy groups -OCH3 is 1. The van der Waals surface area contributed by atoms with E-state index < -0.39 is 0 Å². The molecule has 3 rings (SSSR count). The van der Waals surface area contributed by atoms with Gasteiger partial charge in [-0.1, -0.05) is 42.5 Å². The van der Waals surface area contributed by atoms with Crippen LogP contribution in [-0.2, 0) is 19.5 Å². The van der Waals surface area contributed by atoms with Gasteiger partial charge in [0.15, 0.2) is 5.96 Å². The normalized spacial score (nSPS) is 11.3. The Labute approximate surface area is 172 Å². The van der Waals surface area contributed by atoms with Gasteiger partial charge in [0, 0.05) is 38.4 Å². The van der Waals surface area contributed by atoms with E-state index in [4.69, 9.17) is 4.74 Å². The van der Waals surface area contributed by atoms with Crippen molar-refractivity contribution in [1.82, 2.24) is 20.2 Å². The molecule has 0 radical (unpaired) electrons. The fourth-order valence-corrected chi connectivity index (χ4v) is 3.07. The monoisotopic (exact) mass is 391 g/mol.